The number of carboxylic acids is 1. The number of carboxylic acid groups (broad SMARTS) is 1. The lowest BCUT2D eigenvalue weighted by atomic mass is 9.88. The van der Waals surface area contributed by atoms with Crippen LogP contribution in [0, 0.1) is 5.92 Å². The molecule has 7 N–H and O–H groups in total. The zero-order chi connectivity index (χ0) is 31.0. The number of unbranched alkanes of at least 4 members (excludes halogenated alkanes) is 2. The zero-order valence-corrected chi connectivity index (χ0v) is 26.1. The lowest BCUT2D eigenvalue weighted by molar-refractivity contribution is -0.142. The summed E-state index contributed by atoms with van der Waals surface area (Å²) in [6, 6.07) is 6.33. The third-order valence-electron chi connectivity index (χ3n) is 7.11. The molecule has 0 radical (unpaired) electrons. The van der Waals surface area contributed by atoms with E-state index in [0.717, 1.165) is 12.8 Å². The molecule has 1 aliphatic rings. The lowest BCUT2D eigenvalue weighted by Gasteiger charge is -2.25. The Morgan fingerprint density at radius 2 is 1.73 bits per heavy atom. The van der Waals surface area contributed by atoms with Crippen LogP contribution >= 0.6 is 0 Å². The van der Waals surface area contributed by atoms with E-state index in [9.17, 15) is 27.9 Å². The number of nitrogens with one attached hydrogen (secondary N) is 4. The summed E-state index contributed by atoms with van der Waals surface area (Å²) in [5, 5.41) is 17.3. The summed E-state index contributed by atoms with van der Waals surface area (Å²) < 4.78 is 26.0. The van der Waals surface area contributed by atoms with Crippen LogP contribution in [0.5, 0.6) is 0 Å². The molecule has 0 aliphatic heterocycles. The van der Waals surface area contributed by atoms with Crippen LogP contribution < -0.4 is 26.4 Å². The molecule has 4 atom stereocenters. The first kappa shape index (κ1) is 36.5. The van der Waals surface area contributed by atoms with Crippen molar-refractivity contribution in [1.82, 2.24) is 20.7 Å². The fourth-order valence-corrected chi connectivity index (χ4v) is 5.63. The van der Waals surface area contributed by atoms with Crippen molar-refractivity contribution in [2.24, 2.45) is 11.7 Å². The second-order valence-electron chi connectivity index (χ2n) is 10.9. The van der Waals surface area contributed by atoms with Crippen LogP contribution in [0.15, 0.2) is 24.3 Å². The third kappa shape index (κ3) is 13.8. The number of benzene rings is 1. The molecule has 0 bridgehead atoms. The Bertz CT molecular complexity index is 1070. The fourth-order valence-electron chi connectivity index (χ4n) is 4.36. The molecule has 0 fully saturated rings. The Morgan fingerprint density at radius 3 is 2.32 bits per heavy atom. The number of aliphatic carboxylic acids is 1. The number of nitrogens with two attached hydrogens (primary N) is 1. The first-order chi connectivity index (χ1) is 19.3. The Morgan fingerprint density at radius 1 is 1.05 bits per heavy atom. The molecule has 1 aromatic carbocycles. The molecule has 0 aromatic heterocycles. The molecule has 41 heavy (non-hydrogen) atoms. The highest BCUT2D eigenvalue weighted by atomic mass is 32.2. The van der Waals surface area contributed by atoms with Gasteiger partial charge in [0.2, 0.25) is 21.8 Å². The number of aryl methyl sites for hydroxylation is 1. The Labute approximate surface area is 245 Å². The molecular formula is C29H51N5O6S. The number of rotatable bonds is 16. The second kappa shape index (κ2) is 18.8. The van der Waals surface area contributed by atoms with Gasteiger partial charge in [0.25, 0.3) is 0 Å². The van der Waals surface area contributed by atoms with E-state index in [0.29, 0.717) is 25.3 Å². The molecule has 4 unspecified atom stereocenters. The summed E-state index contributed by atoms with van der Waals surface area (Å²) >= 11 is 0. The topological polar surface area (TPSA) is 180 Å². The van der Waals surface area contributed by atoms with Gasteiger partial charge >= 0.3 is 5.97 Å². The van der Waals surface area contributed by atoms with Crippen molar-refractivity contribution >= 4 is 27.8 Å². The highest BCUT2D eigenvalue weighted by Gasteiger charge is 2.29. The molecule has 0 saturated heterocycles. The van der Waals surface area contributed by atoms with E-state index in [1.165, 1.54) is 24.0 Å². The number of sulfonamides is 1. The minimum atomic E-state index is -3.30. The molecule has 0 heterocycles. The average Bonchev–Trinajstić information content (AvgIpc) is 2.93. The number of likely N-dealkylation sites (N-methyl/N-ethyl adjacent to an activating group) is 1. The zero-order valence-electron chi connectivity index (χ0n) is 25.2. The highest BCUT2D eigenvalue weighted by molar-refractivity contribution is 7.89. The van der Waals surface area contributed by atoms with Crippen LogP contribution in [0.3, 0.4) is 0 Å². The van der Waals surface area contributed by atoms with Crippen LogP contribution in [0.2, 0.25) is 0 Å². The molecule has 0 spiro atoms. The molecule has 0 saturated carbocycles. The summed E-state index contributed by atoms with van der Waals surface area (Å²) in [6.07, 6.45) is 6.01. The van der Waals surface area contributed by atoms with E-state index in [-0.39, 0.29) is 30.5 Å². The van der Waals surface area contributed by atoms with Crippen molar-refractivity contribution < 1.29 is 27.9 Å². The maximum absolute atomic E-state index is 12.6. The van der Waals surface area contributed by atoms with Gasteiger partial charge in [-0.05, 0) is 76.0 Å². The molecule has 1 aliphatic carbocycles. The summed E-state index contributed by atoms with van der Waals surface area (Å²) in [5.41, 5.74) is 8.76. The SMILES string of the molecule is CCCCS(=O)(=O)NCCCCC(NC(=O)C(NC(=O)C(C)NC)C(C)C)C(=O)O.NC1CCCc2ccccc21. The van der Waals surface area contributed by atoms with E-state index < -0.39 is 40.0 Å². The third-order valence-corrected chi connectivity index (χ3v) is 8.58. The largest absolute Gasteiger partial charge is 0.480 e. The normalized spacial score (nSPS) is 16.9. The smallest absolute Gasteiger partial charge is 0.326 e. The van der Waals surface area contributed by atoms with Crippen molar-refractivity contribution in [1.29, 1.82) is 0 Å². The Hall–Kier alpha value is -2.54. The number of fused-ring (bicyclic) bond motifs is 1. The van der Waals surface area contributed by atoms with Gasteiger partial charge in [-0.1, -0.05) is 51.5 Å². The number of carbonyl (C=O) groups is 3. The van der Waals surface area contributed by atoms with Crippen molar-refractivity contribution in [3.05, 3.63) is 35.4 Å². The van der Waals surface area contributed by atoms with Crippen molar-refractivity contribution in [2.45, 2.75) is 103 Å². The van der Waals surface area contributed by atoms with E-state index in [1.807, 2.05) is 6.92 Å². The monoisotopic (exact) mass is 597 g/mol. The van der Waals surface area contributed by atoms with Crippen molar-refractivity contribution in [2.75, 3.05) is 19.3 Å². The number of carbonyl (C=O) groups excluding carboxylic acids is 2. The summed E-state index contributed by atoms with van der Waals surface area (Å²) in [5.74, 6) is -2.25. The average molecular weight is 598 g/mol. The fraction of sp³-hybridized carbons (Fsp3) is 0.690. The number of amides is 2. The van der Waals surface area contributed by atoms with Crippen LogP contribution in [0.1, 0.15) is 89.8 Å². The van der Waals surface area contributed by atoms with Crippen molar-refractivity contribution in [3.8, 4) is 0 Å². The lowest BCUT2D eigenvalue weighted by Crippen LogP contribution is -2.56. The number of hydrogen-bond acceptors (Lipinski definition) is 7. The first-order valence-corrected chi connectivity index (χ1v) is 16.3. The second-order valence-corrected chi connectivity index (χ2v) is 12.8. The highest BCUT2D eigenvalue weighted by Crippen LogP contribution is 2.27. The van der Waals surface area contributed by atoms with Crippen LogP contribution in [0.4, 0.5) is 0 Å². The molecule has 1 aromatic rings. The van der Waals surface area contributed by atoms with Gasteiger partial charge in [0.05, 0.1) is 11.8 Å². The van der Waals surface area contributed by atoms with Gasteiger partial charge in [-0.2, -0.15) is 0 Å². The van der Waals surface area contributed by atoms with Gasteiger partial charge in [0.1, 0.15) is 12.1 Å². The molecule has 2 rings (SSSR count). The minimum Gasteiger partial charge on any atom is -0.480 e. The predicted octanol–water partition coefficient (Wildman–Crippen LogP) is 2.22. The maximum atomic E-state index is 12.6. The summed E-state index contributed by atoms with van der Waals surface area (Å²) in [6.45, 7) is 7.30. The first-order valence-electron chi connectivity index (χ1n) is 14.6. The van der Waals surface area contributed by atoms with E-state index in [2.05, 4.69) is 44.9 Å². The maximum Gasteiger partial charge on any atom is 0.326 e. The van der Waals surface area contributed by atoms with Gasteiger partial charge in [-0.3, -0.25) is 9.59 Å². The van der Waals surface area contributed by atoms with Crippen LogP contribution in [-0.2, 0) is 30.8 Å². The van der Waals surface area contributed by atoms with Gasteiger partial charge in [-0.15, -0.1) is 0 Å². The minimum absolute atomic E-state index is 0.0752. The molecule has 2 amide bonds. The van der Waals surface area contributed by atoms with Crippen LogP contribution in [-0.4, -0.2) is 68.8 Å². The Kier molecular flexibility index (Phi) is 16.7. The predicted molar refractivity (Wildman–Crippen MR) is 162 cm³/mol. The van der Waals surface area contributed by atoms with Gasteiger partial charge in [0, 0.05) is 12.6 Å². The van der Waals surface area contributed by atoms with E-state index >= 15 is 0 Å². The molecule has 234 valence electrons. The molecule has 11 nitrogen and oxygen atoms in total. The van der Waals surface area contributed by atoms with E-state index in [1.54, 1.807) is 27.8 Å². The summed E-state index contributed by atoms with van der Waals surface area (Å²) in [7, 11) is -1.68. The standard InChI is InChI=1S/C19H38N4O6S.C10H13N/c1-6-7-12-30(28,29)21-11-9-8-10-15(19(26)27)22-18(25)16(13(2)3)23-17(24)14(4)20-5;11-10-7-3-5-8-4-1-2-6-9(8)10/h13-16,20-21H,6-12H2,1-5H3,(H,22,25)(H,23,24)(H,26,27);1-2,4,6,10H,3,5,7,11H2. The quantitative estimate of drug-likeness (QED) is 0.157. The van der Waals surface area contributed by atoms with Crippen molar-refractivity contribution in [3.63, 3.8) is 0 Å². The van der Waals surface area contributed by atoms with Crippen LogP contribution in [0.25, 0.3) is 0 Å². The summed E-state index contributed by atoms with van der Waals surface area (Å²) in [4.78, 5) is 36.2. The Balaban J connectivity index is 0.000000622. The van der Waals surface area contributed by atoms with Gasteiger partial charge in [0.15, 0.2) is 0 Å². The molecular weight excluding hydrogens is 546 g/mol. The van der Waals surface area contributed by atoms with Gasteiger partial charge in [-0.25, -0.2) is 17.9 Å². The molecule has 12 heteroatoms. The van der Waals surface area contributed by atoms with Gasteiger partial charge < -0.3 is 26.8 Å². The van der Waals surface area contributed by atoms with E-state index in [4.69, 9.17) is 5.73 Å². The number of hydrogen-bond donors (Lipinski definition) is 6.